The number of hydrogen-bond acceptors (Lipinski definition) is 4. The van der Waals surface area contributed by atoms with Crippen LogP contribution in [0.1, 0.15) is 27.2 Å². The van der Waals surface area contributed by atoms with Crippen molar-refractivity contribution < 1.29 is 9.47 Å². The van der Waals surface area contributed by atoms with Crippen molar-refractivity contribution in [3.63, 3.8) is 0 Å². The van der Waals surface area contributed by atoms with Crippen LogP contribution in [0.15, 0.2) is 0 Å². The third-order valence-corrected chi connectivity index (χ3v) is 4.17. The van der Waals surface area contributed by atoms with Crippen LogP contribution in [0.3, 0.4) is 0 Å². The highest BCUT2D eigenvalue weighted by Gasteiger charge is 2.30. The lowest BCUT2D eigenvalue weighted by molar-refractivity contribution is -0.0540. The van der Waals surface area contributed by atoms with Gasteiger partial charge in [0.2, 0.25) is 0 Å². The minimum Gasteiger partial charge on any atom is -0.381 e. The van der Waals surface area contributed by atoms with Gasteiger partial charge in [-0.15, -0.1) is 0 Å². The Hall–Kier alpha value is -0.160. The van der Waals surface area contributed by atoms with Crippen molar-refractivity contribution in [3.8, 4) is 0 Å². The van der Waals surface area contributed by atoms with Crippen LogP contribution in [0.4, 0.5) is 0 Å². The first kappa shape index (κ1) is 14.3. The Bertz CT molecular complexity index is 244. The summed E-state index contributed by atoms with van der Waals surface area (Å²) in [6.45, 7) is 12.5. The average molecular weight is 256 g/mol. The summed E-state index contributed by atoms with van der Waals surface area (Å²) in [5.41, 5.74) is 0. The maximum Gasteiger partial charge on any atom is 0.0674 e. The summed E-state index contributed by atoms with van der Waals surface area (Å²) in [4.78, 5) is 2.57. The molecule has 4 nitrogen and oxygen atoms in total. The maximum atomic E-state index is 5.70. The second-order valence-electron chi connectivity index (χ2n) is 5.73. The fourth-order valence-electron chi connectivity index (χ4n) is 2.99. The van der Waals surface area contributed by atoms with Gasteiger partial charge in [-0.25, -0.2) is 0 Å². The minimum absolute atomic E-state index is 0.364. The molecule has 2 heterocycles. The number of hydrogen-bond donors (Lipinski definition) is 1. The van der Waals surface area contributed by atoms with Gasteiger partial charge in [-0.3, -0.25) is 4.90 Å². The largest absolute Gasteiger partial charge is 0.381 e. The Labute approximate surface area is 111 Å². The fraction of sp³-hybridized carbons (Fsp3) is 1.00. The lowest BCUT2D eigenvalue weighted by atomic mass is 9.97. The van der Waals surface area contributed by atoms with Gasteiger partial charge >= 0.3 is 0 Å². The van der Waals surface area contributed by atoms with E-state index < -0.39 is 0 Å². The Morgan fingerprint density at radius 2 is 2.17 bits per heavy atom. The first-order valence-electron chi connectivity index (χ1n) is 7.37. The van der Waals surface area contributed by atoms with Gasteiger partial charge in [-0.1, -0.05) is 6.92 Å². The second-order valence-corrected chi connectivity index (χ2v) is 5.73. The number of nitrogens with zero attached hydrogens (tertiary/aromatic N) is 1. The molecule has 18 heavy (non-hydrogen) atoms. The molecule has 4 atom stereocenters. The molecule has 0 spiro atoms. The molecule has 0 bridgehead atoms. The van der Waals surface area contributed by atoms with Gasteiger partial charge in [-0.2, -0.15) is 0 Å². The van der Waals surface area contributed by atoms with Crippen molar-refractivity contribution in [2.75, 3.05) is 39.5 Å². The van der Waals surface area contributed by atoms with E-state index in [1.807, 2.05) is 0 Å². The van der Waals surface area contributed by atoms with E-state index in [0.29, 0.717) is 24.1 Å². The van der Waals surface area contributed by atoms with Gasteiger partial charge in [0.1, 0.15) is 0 Å². The molecule has 0 aromatic rings. The van der Waals surface area contributed by atoms with Crippen LogP contribution < -0.4 is 5.32 Å². The van der Waals surface area contributed by atoms with Crippen LogP contribution in [0.2, 0.25) is 0 Å². The molecule has 106 valence electrons. The van der Waals surface area contributed by atoms with Gasteiger partial charge in [0.05, 0.1) is 19.3 Å². The molecule has 4 unspecified atom stereocenters. The molecule has 0 amide bonds. The third-order valence-electron chi connectivity index (χ3n) is 4.17. The van der Waals surface area contributed by atoms with Gasteiger partial charge in [0, 0.05) is 37.7 Å². The summed E-state index contributed by atoms with van der Waals surface area (Å²) in [6, 6.07) is 1.09. The number of nitrogens with one attached hydrogen (secondary N) is 1. The van der Waals surface area contributed by atoms with Gasteiger partial charge in [-0.05, 0) is 26.8 Å². The molecule has 0 aromatic carbocycles. The fourth-order valence-corrected chi connectivity index (χ4v) is 2.99. The van der Waals surface area contributed by atoms with Crippen molar-refractivity contribution in [1.82, 2.24) is 10.2 Å². The van der Waals surface area contributed by atoms with Crippen molar-refractivity contribution in [1.29, 1.82) is 0 Å². The van der Waals surface area contributed by atoms with E-state index in [4.69, 9.17) is 9.47 Å². The summed E-state index contributed by atoms with van der Waals surface area (Å²) in [5.74, 6) is 0.676. The lowest BCUT2D eigenvalue weighted by Crippen LogP contribution is -2.54. The monoisotopic (exact) mass is 256 g/mol. The Balaban J connectivity index is 1.89. The van der Waals surface area contributed by atoms with E-state index >= 15 is 0 Å². The number of likely N-dealkylation sites (N-methyl/N-ethyl adjacent to an activating group) is 1. The quantitative estimate of drug-likeness (QED) is 0.799. The summed E-state index contributed by atoms with van der Waals surface area (Å²) >= 11 is 0. The summed E-state index contributed by atoms with van der Waals surface area (Å²) in [7, 11) is 0. The highest BCUT2D eigenvalue weighted by Crippen LogP contribution is 2.20. The number of rotatable bonds is 5. The SMILES string of the molecule is CCNC(CN1CC(C)OCC1C)C1CCOC1. The number of ether oxygens (including phenoxy) is 2. The van der Waals surface area contributed by atoms with Gasteiger partial charge in [0.25, 0.3) is 0 Å². The predicted octanol–water partition coefficient (Wildman–Crippen LogP) is 1.11. The summed E-state index contributed by atoms with van der Waals surface area (Å²) in [5, 5.41) is 3.64. The molecule has 1 N–H and O–H groups in total. The third kappa shape index (κ3) is 3.67. The van der Waals surface area contributed by atoms with Crippen LogP contribution in [0.5, 0.6) is 0 Å². The Kier molecular flexibility index (Phi) is 5.42. The zero-order valence-electron chi connectivity index (χ0n) is 12.0. The van der Waals surface area contributed by atoms with Gasteiger partial charge < -0.3 is 14.8 Å². The number of morpholine rings is 1. The Morgan fingerprint density at radius 1 is 1.33 bits per heavy atom. The van der Waals surface area contributed by atoms with E-state index in [9.17, 15) is 0 Å². The molecule has 0 saturated carbocycles. The van der Waals surface area contributed by atoms with Crippen LogP contribution in [0.25, 0.3) is 0 Å². The van der Waals surface area contributed by atoms with E-state index in [1.54, 1.807) is 0 Å². The average Bonchev–Trinajstić information content (AvgIpc) is 2.87. The van der Waals surface area contributed by atoms with E-state index in [1.165, 1.54) is 6.42 Å². The van der Waals surface area contributed by atoms with Crippen molar-refractivity contribution in [2.24, 2.45) is 5.92 Å². The molecular formula is C14H28N2O2. The summed E-state index contributed by atoms with van der Waals surface area (Å²) < 4.78 is 11.2. The molecule has 0 aliphatic carbocycles. The predicted molar refractivity (Wildman–Crippen MR) is 72.8 cm³/mol. The molecule has 2 saturated heterocycles. The topological polar surface area (TPSA) is 33.7 Å². The Morgan fingerprint density at radius 3 is 2.83 bits per heavy atom. The smallest absolute Gasteiger partial charge is 0.0674 e. The molecule has 4 heteroatoms. The van der Waals surface area contributed by atoms with Crippen LogP contribution in [0, 0.1) is 5.92 Å². The molecule has 2 fully saturated rings. The van der Waals surface area contributed by atoms with Crippen molar-refractivity contribution in [2.45, 2.75) is 45.4 Å². The zero-order valence-corrected chi connectivity index (χ0v) is 12.0. The molecule has 2 aliphatic rings. The van der Waals surface area contributed by atoms with E-state index in [2.05, 4.69) is 31.0 Å². The van der Waals surface area contributed by atoms with Crippen LogP contribution >= 0.6 is 0 Å². The van der Waals surface area contributed by atoms with Crippen LogP contribution in [-0.2, 0) is 9.47 Å². The lowest BCUT2D eigenvalue weighted by Gasteiger charge is -2.40. The highest BCUT2D eigenvalue weighted by atomic mass is 16.5. The zero-order chi connectivity index (χ0) is 13.0. The second kappa shape index (κ2) is 6.85. The van der Waals surface area contributed by atoms with Crippen molar-refractivity contribution >= 4 is 0 Å². The van der Waals surface area contributed by atoms with E-state index in [0.717, 1.165) is 39.5 Å². The molecular weight excluding hydrogens is 228 g/mol. The van der Waals surface area contributed by atoms with Crippen LogP contribution in [-0.4, -0.2) is 62.5 Å². The molecule has 0 aromatic heterocycles. The minimum atomic E-state index is 0.364. The normalized spacial score (nSPS) is 35.8. The summed E-state index contributed by atoms with van der Waals surface area (Å²) in [6.07, 6.45) is 1.56. The first-order chi connectivity index (χ1) is 8.70. The molecule has 2 rings (SSSR count). The van der Waals surface area contributed by atoms with Gasteiger partial charge in [0.15, 0.2) is 0 Å². The molecule has 0 radical (unpaired) electrons. The molecule has 2 aliphatic heterocycles. The standard InChI is InChI=1S/C14H28N2O2/c1-4-15-14(13-5-6-17-10-13)8-16-7-12(3)18-9-11(16)2/h11-15H,4-10H2,1-3H3. The first-order valence-corrected chi connectivity index (χ1v) is 7.37. The maximum absolute atomic E-state index is 5.70. The highest BCUT2D eigenvalue weighted by molar-refractivity contribution is 4.85. The van der Waals surface area contributed by atoms with Crippen molar-refractivity contribution in [3.05, 3.63) is 0 Å². The van der Waals surface area contributed by atoms with E-state index in [-0.39, 0.29) is 0 Å².